The summed E-state index contributed by atoms with van der Waals surface area (Å²) in [6, 6.07) is 3.95. The van der Waals surface area contributed by atoms with Gasteiger partial charge in [0.2, 0.25) is 0 Å². The number of aromatic amines is 1. The Hall–Kier alpha value is -1.92. The number of pyridine rings is 1. The minimum absolute atomic E-state index is 0.267. The molecule has 0 aromatic carbocycles. The molecule has 0 saturated carbocycles. The molecule has 2 aromatic heterocycles. The van der Waals surface area contributed by atoms with Crippen molar-refractivity contribution in [3.63, 3.8) is 0 Å². The SMILES string of the molecule is Nc1cc(CCC2CN(Cc3ncc[nH]3)CCO2)ccn1. The van der Waals surface area contributed by atoms with Crippen LogP contribution in [-0.4, -0.2) is 45.7 Å². The molecule has 1 unspecified atom stereocenters. The van der Waals surface area contributed by atoms with E-state index in [1.165, 1.54) is 5.56 Å². The summed E-state index contributed by atoms with van der Waals surface area (Å²) in [7, 11) is 0. The molecule has 0 radical (unpaired) electrons. The summed E-state index contributed by atoms with van der Waals surface area (Å²) >= 11 is 0. The van der Waals surface area contributed by atoms with Gasteiger partial charge < -0.3 is 15.5 Å². The zero-order chi connectivity index (χ0) is 14.5. The van der Waals surface area contributed by atoms with Gasteiger partial charge >= 0.3 is 0 Å². The Kier molecular flexibility index (Phi) is 4.47. The fourth-order valence-electron chi connectivity index (χ4n) is 2.67. The molecule has 2 aromatic rings. The first kappa shape index (κ1) is 14.0. The van der Waals surface area contributed by atoms with Gasteiger partial charge in [0.25, 0.3) is 0 Å². The maximum Gasteiger partial charge on any atom is 0.123 e. The fourth-order valence-corrected chi connectivity index (χ4v) is 2.67. The van der Waals surface area contributed by atoms with Crippen molar-refractivity contribution in [2.24, 2.45) is 0 Å². The van der Waals surface area contributed by atoms with Crippen molar-refractivity contribution < 1.29 is 4.74 Å². The highest BCUT2D eigenvalue weighted by molar-refractivity contribution is 5.31. The van der Waals surface area contributed by atoms with Crippen LogP contribution in [0.1, 0.15) is 17.8 Å². The topological polar surface area (TPSA) is 80.1 Å². The van der Waals surface area contributed by atoms with Crippen LogP contribution in [0, 0.1) is 0 Å². The van der Waals surface area contributed by atoms with E-state index in [-0.39, 0.29) is 6.10 Å². The number of nitrogens with zero attached hydrogens (tertiary/aromatic N) is 3. The zero-order valence-corrected chi connectivity index (χ0v) is 12.0. The van der Waals surface area contributed by atoms with E-state index in [1.807, 2.05) is 18.3 Å². The van der Waals surface area contributed by atoms with Gasteiger partial charge in [-0.15, -0.1) is 0 Å². The van der Waals surface area contributed by atoms with Gasteiger partial charge in [-0.05, 0) is 30.5 Å². The van der Waals surface area contributed by atoms with Crippen LogP contribution < -0.4 is 5.73 Å². The molecule has 3 rings (SSSR count). The smallest absolute Gasteiger partial charge is 0.123 e. The van der Waals surface area contributed by atoms with Gasteiger partial charge in [0, 0.05) is 31.7 Å². The summed E-state index contributed by atoms with van der Waals surface area (Å²) in [5.74, 6) is 1.59. The number of H-pyrrole nitrogens is 1. The molecule has 3 N–H and O–H groups in total. The predicted molar refractivity (Wildman–Crippen MR) is 80.6 cm³/mol. The van der Waals surface area contributed by atoms with Crippen molar-refractivity contribution in [3.8, 4) is 0 Å². The van der Waals surface area contributed by atoms with Crippen molar-refractivity contribution >= 4 is 5.82 Å². The maximum absolute atomic E-state index is 5.86. The summed E-state index contributed by atoms with van der Waals surface area (Å²) in [5, 5.41) is 0. The second-order valence-corrected chi connectivity index (χ2v) is 5.39. The van der Waals surface area contributed by atoms with Crippen molar-refractivity contribution in [2.45, 2.75) is 25.5 Å². The van der Waals surface area contributed by atoms with E-state index in [0.29, 0.717) is 5.82 Å². The third kappa shape index (κ3) is 4.03. The number of hydrogen-bond acceptors (Lipinski definition) is 5. The zero-order valence-electron chi connectivity index (χ0n) is 12.0. The number of aromatic nitrogens is 3. The average molecular weight is 287 g/mol. The Morgan fingerprint density at radius 1 is 1.38 bits per heavy atom. The van der Waals surface area contributed by atoms with Crippen LogP contribution >= 0.6 is 0 Å². The van der Waals surface area contributed by atoms with Crippen molar-refractivity contribution in [3.05, 3.63) is 42.1 Å². The molecule has 1 aliphatic rings. The van der Waals surface area contributed by atoms with Crippen LogP contribution in [0.25, 0.3) is 0 Å². The molecule has 0 amide bonds. The van der Waals surface area contributed by atoms with Crippen molar-refractivity contribution in [1.82, 2.24) is 19.9 Å². The van der Waals surface area contributed by atoms with Crippen LogP contribution in [0.15, 0.2) is 30.7 Å². The number of imidazole rings is 1. The molecular weight excluding hydrogens is 266 g/mol. The molecule has 0 aliphatic carbocycles. The van der Waals surface area contributed by atoms with E-state index in [0.717, 1.165) is 44.9 Å². The van der Waals surface area contributed by atoms with Crippen LogP contribution in [0.4, 0.5) is 5.82 Å². The first-order chi connectivity index (χ1) is 10.3. The fraction of sp³-hybridized carbons (Fsp3) is 0.467. The molecular formula is C15H21N5O. The highest BCUT2D eigenvalue weighted by Gasteiger charge is 2.20. The highest BCUT2D eigenvalue weighted by atomic mass is 16.5. The number of rotatable bonds is 5. The van der Waals surface area contributed by atoms with Crippen LogP contribution in [-0.2, 0) is 17.7 Å². The number of hydrogen-bond donors (Lipinski definition) is 2. The van der Waals surface area contributed by atoms with E-state index in [4.69, 9.17) is 10.5 Å². The standard InChI is InChI=1S/C15H21N5O/c16-14-9-12(3-4-17-14)1-2-13-10-20(7-8-21-13)11-15-18-5-6-19-15/h3-6,9,13H,1-2,7-8,10-11H2,(H2,16,17)(H,18,19). The quantitative estimate of drug-likeness (QED) is 0.864. The normalized spacial score (nSPS) is 19.7. The summed E-state index contributed by atoms with van der Waals surface area (Å²) in [6.07, 6.45) is 7.64. The van der Waals surface area contributed by atoms with Crippen LogP contribution in [0.5, 0.6) is 0 Å². The van der Waals surface area contributed by atoms with Gasteiger partial charge in [0.15, 0.2) is 0 Å². The number of ether oxygens (including phenoxy) is 1. The largest absolute Gasteiger partial charge is 0.384 e. The minimum atomic E-state index is 0.267. The number of aryl methyl sites for hydroxylation is 1. The molecule has 1 aliphatic heterocycles. The van der Waals surface area contributed by atoms with E-state index in [2.05, 4.69) is 19.9 Å². The summed E-state index contributed by atoms with van der Waals surface area (Å²) in [6.45, 7) is 3.54. The Labute approximate surface area is 124 Å². The Balaban J connectivity index is 1.49. The van der Waals surface area contributed by atoms with Gasteiger partial charge in [-0.2, -0.15) is 0 Å². The first-order valence-corrected chi connectivity index (χ1v) is 7.32. The summed E-state index contributed by atoms with van der Waals surface area (Å²) < 4.78 is 5.86. The lowest BCUT2D eigenvalue weighted by molar-refractivity contribution is -0.0352. The Morgan fingerprint density at radius 3 is 3.14 bits per heavy atom. The van der Waals surface area contributed by atoms with Gasteiger partial charge in [0.1, 0.15) is 11.6 Å². The van der Waals surface area contributed by atoms with E-state index >= 15 is 0 Å². The summed E-state index contributed by atoms with van der Waals surface area (Å²) in [5.41, 5.74) is 6.92. The van der Waals surface area contributed by atoms with Crippen molar-refractivity contribution in [2.75, 3.05) is 25.4 Å². The molecule has 112 valence electrons. The molecule has 0 spiro atoms. The minimum Gasteiger partial charge on any atom is -0.384 e. The third-order valence-corrected chi connectivity index (χ3v) is 3.75. The van der Waals surface area contributed by atoms with Gasteiger partial charge in [-0.3, -0.25) is 4.90 Å². The molecule has 1 fully saturated rings. The molecule has 1 saturated heterocycles. The van der Waals surface area contributed by atoms with E-state index in [1.54, 1.807) is 12.4 Å². The molecule has 0 bridgehead atoms. The average Bonchev–Trinajstić information content (AvgIpc) is 2.99. The lowest BCUT2D eigenvalue weighted by Gasteiger charge is -2.32. The Morgan fingerprint density at radius 2 is 2.33 bits per heavy atom. The number of nitrogens with one attached hydrogen (secondary N) is 1. The number of anilines is 1. The number of nitrogen functional groups attached to an aromatic ring is 1. The van der Waals surface area contributed by atoms with Gasteiger partial charge in [-0.25, -0.2) is 9.97 Å². The molecule has 1 atom stereocenters. The van der Waals surface area contributed by atoms with Gasteiger partial charge in [0.05, 0.1) is 19.3 Å². The second kappa shape index (κ2) is 6.69. The second-order valence-electron chi connectivity index (χ2n) is 5.39. The highest BCUT2D eigenvalue weighted by Crippen LogP contribution is 2.14. The molecule has 6 heteroatoms. The van der Waals surface area contributed by atoms with Crippen LogP contribution in [0.3, 0.4) is 0 Å². The lowest BCUT2D eigenvalue weighted by atomic mass is 10.1. The van der Waals surface area contributed by atoms with Gasteiger partial charge in [-0.1, -0.05) is 0 Å². The monoisotopic (exact) mass is 287 g/mol. The Bertz CT molecular complexity index is 557. The number of morpholine rings is 1. The predicted octanol–water partition coefficient (Wildman–Crippen LogP) is 1.22. The summed E-state index contributed by atoms with van der Waals surface area (Å²) in [4.78, 5) is 13.8. The van der Waals surface area contributed by atoms with Crippen molar-refractivity contribution in [1.29, 1.82) is 0 Å². The molecule has 6 nitrogen and oxygen atoms in total. The lowest BCUT2D eigenvalue weighted by Crippen LogP contribution is -2.42. The number of nitrogens with two attached hydrogens (primary N) is 1. The maximum atomic E-state index is 5.86. The molecule has 21 heavy (non-hydrogen) atoms. The first-order valence-electron chi connectivity index (χ1n) is 7.32. The van der Waals surface area contributed by atoms with E-state index in [9.17, 15) is 0 Å². The van der Waals surface area contributed by atoms with E-state index < -0.39 is 0 Å². The third-order valence-electron chi connectivity index (χ3n) is 3.75. The van der Waals surface area contributed by atoms with Crippen LogP contribution in [0.2, 0.25) is 0 Å². The molecule has 3 heterocycles.